The maximum absolute atomic E-state index is 13.3. The summed E-state index contributed by atoms with van der Waals surface area (Å²) in [7, 11) is 0. The number of rotatable bonds is 10. The number of benzene rings is 3. The number of carboxylic acids is 1. The molecule has 0 aromatic heterocycles. The number of hydrogen-bond acceptors (Lipinski definition) is 5. The topological polar surface area (TPSA) is 105 Å². The minimum atomic E-state index is -4.83. The van der Waals surface area contributed by atoms with Gasteiger partial charge in [-0.3, -0.25) is 14.5 Å². The number of alkyl halides is 3. The SMILES string of the molecule is Cc1cc(OC(=O)N(Cc2ccc(OC(F)(F)F)cc2)c2ccc(C(=O)NCCC(=O)O)cc2)ccc1C(C)C. The molecule has 0 aliphatic rings. The molecule has 0 atom stereocenters. The highest BCUT2D eigenvalue weighted by Gasteiger charge is 2.31. The standard InChI is InChI=1S/C29H29F3N2O6/c1-18(2)25-13-12-24(16-19(25)3)39-28(38)34(17-20-4-10-23(11-5-20)40-29(30,31)32)22-8-6-21(7-9-22)27(37)33-15-14-26(35)36/h4-13,16,18H,14-15,17H2,1-3H3,(H,33,37)(H,35,36). The fourth-order valence-corrected chi connectivity index (χ4v) is 3.93. The number of carbonyl (C=O) groups excluding carboxylic acids is 2. The molecule has 3 aromatic carbocycles. The van der Waals surface area contributed by atoms with E-state index < -0.39 is 30.1 Å². The molecule has 0 aliphatic heterocycles. The number of aliphatic carboxylic acids is 1. The number of aryl methyl sites for hydroxylation is 1. The van der Waals surface area contributed by atoms with Crippen molar-refractivity contribution in [2.24, 2.45) is 0 Å². The van der Waals surface area contributed by atoms with E-state index in [1.807, 2.05) is 13.0 Å². The molecule has 0 saturated carbocycles. The Morgan fingerprint density at radius 3 is 2.12 bits per heavy atom. The van der Waals surface area contributed by atoms with Gasteiger partial charge in [0, 0.05) is 17.8 Å². The summed E-state index contributed by atoms with van der Waals surface area (Å²) < 4.78 is 47.1. The zero-order valence-corrected chi connectivity index (χ0v) is 22.1. The highest BCUT2D eigenvalue weighted by atomic mass is 19.4. The lowest BCUT2D eigenvalue weighted by Gasteiger charge is -2.23. The van der Waals surface area contributed by atoms with Crippen molar-refractivity contribution in [3.63, 3.8) is 0 Å². The molecule has 2 amide bonds. The Morgan fingerprint density at radius 1 is 0.950 bits per heavy atom. The lowest BCUT2D eigenvalue weighted by atomic mass is 9.98. The van der Waals surface area contributed by atoms with Crippen molar-refractivity contribution in [2.45, 2.75) is 46.0 Å². The second-order valence-electron chi connectivity index (χ2n) is 9.27. The van der Waals surface area contributed by atoms with Crippen LogP contribution in [0.1, 0.15) is 53.2 Å². The van der Waals surface area contributed by atoms with Gasteiger partial charge in [0.1, 0.15) is 11.5 Å². The number of carboxylic acid groups (broad SMARTS) is 1. The number of ether oxygens (including phenoxy) is 2. The van der Waals surface area contributed by atoms with E-state index in [4.69, 9.17) is 9.84 Å². The third-order valence-corrected chi connectivity index (χ3v) is 5.85. The summed E-state index contributed by atoms with van der Waals surface area (Å²) in [6, 6.07) is 16.4. The minimum absolute atomic E-state index is 0.0442. The summed E-state index contributed by atoms with van der Waals surface area (Å²) in [6.45, 7) is 5.92. The number of halogens is 3. The largest absolute Gasteiger partial charge is 0.573 e. The van der Waals surface area contributed by atoms with E-state index in [1.54, 1.807) is 12.1 Å². The lowest BCUT2D eigenvalue weighted by molar-refractivity contribution is -0.274. The van der Waals surface area contributed by atoms with Crippen LogP contribution in [0.4, 0.5) is 23.7 Å². The van der Waals surface area contributed by atoms with Crippen molar-refractivity contribution >= 4 is 23.7 Å². The van der Waals surface area contributed by atoms with E-state index in [9.17, 15) is 27.6 Å². The molecule has 212 valence electrons. The molecular formula is C29H29F3N2O6. The molecule has 0 radical (unpaired) electrons. The maximum Gasteiger partial charge on any atom is 0.573 e. The van der Waals surface area contributed by atoms with E-state index in [1.165, 1.54) is 41.3 Å². The van der Waals surface area contributed by atoms with Crippen LogP contribution < -0.4 is 19.7 Å². The zero-order valence-electron chi connectivity index (χ0n) is 22.1. The Labute approximate surface area is 229 Å². The van der Waals surface area contributed by atoms with Gasteiger partial charge in [0.2, 0.25) is 0 Å². The molecule has 3 aromatic rings. The summed E-state index contributed by atoms with van der Waals surface area (Å²) in [5.74, 6) is -1.32. The van der Waals surface area contributed by atoms with Gasteiger partial charge in [0.25, 0.3) is 5.91 Å². The molecular weight excluding hydrogens is 529 g/mol. The number of anilines is 1. The summed E-state index contributed by atoms with van der Waals surface area (Å²) in [5.41, 5.74) is 3.16. The Kier molecular flexibility index (Phi) is 9.76. The summed E-state index contributed by atoms with van der Waals surface area (Å²) in [5, 5.41) is 11.2. The fourth-order valence-electron chi connectivity index (χ4n) is 3.93. The van der Waals surface area contributed by atoms with Gasteiger partial charge in [0.05, 0.1) is 13.0 Å². The van der Waals surface area contributed by atoms with Crippen molar-refractivity contribution < 1.29 is 42.1 Å². The first-order valence-corrected chi connectivity index (χ1v) is 12.4. The van der Waals surface area contributed by atoms with Gasteiger partial charge in [-0.25, -0.2) is 4.79 Å². The third-order valence-electron chi connectivity index (χ3n) is 5.85. The van der Waals surface area contributed by atoms with Crippen molar-refractivity contribution in [1.82, 2.24) is 5.32 Å². The number of nitrogens with zero attached hydrogens (tertiary/aromatic N) is 1. The average Bonchev–Trinajstić information content (AvgIpc) is 2.87. The molecule has 0 heterocycles. The predicted molar refractivity (Wildman–Crippen MR) is 142 cm³/mol. The molecule has 0 spiro atoms. The van der Waals surface area contributed by atoms with Crippen LogP contribution in [0.25, 0.3) is 0 Å². The van der Waals surface area contributed by atoms with E-state index >= 15 is 0 Å². The summed E-state index contributed by atoms with van der Waals surface area (Å²) in [6.07, 6.45) is -5.80. The van der Waals surface area contributed by atoms with Gasteiger partial charge >= 0.3 is 18.4 Å². The molecule has 0 fully saturated rings. The Morgan fingerprint density at radius 2 is 1.57 bits per heavy atom. The first-order valence-electron chi connectivity index (χ1n) is 12.4. The number of amides is 2. The van der Waals surface area contributed by atoms with Crippen molar-refractivity contribution in [1.29, 1.82) is 0 Å². The molecule has 2 N–H and O–H groups in total. The van der Waals surface area contributed by atoms with Gasteiger partial charge < -0.3 is 19.9 Å². The van der Waals surface area contributed by atoms with E-state index in [0.717, 1.165) is 23.3 Å². The molecule has 0 bridgehead atoms. The van der Waals surface area contributed by atoms with E-state index in [2.05, 4.69) is 23.9 Å². The fraction of sp³-hybridized carbons (Fsp3) is 0.276. The van der Waals surface area contributed by atoms with Crippen LogP contribution in [-0.2, 0) is 11.3 Å². The average molecular weight is 559 g/mol. The number of nitrogens with one attached hydrogen (secondary N) is 1. The van der Waals surface area contributed by atoms with Gasteiger partial charge in [-0.1, -0.05) is 32.0 Å². The first-order chi connectivity index (χ1) is 18.8. The molecule has 0 aliphatic carbocycles. The van der Waals surface area contributed by atoms with Crippen molar-refractivity contribution in [3.8, 4) is 11.5 Å². The van der Waals surface area contributed by atoms with E-state index in [0.29, 0.717) is 17.0 Å². The van der Waals surface area contributed by atoms with E-state index in [-0.39, 0.29) is 31.0 Å². The second-order valence-corrected chi connectivity index (χ2v) is 9.27. The van der Waals surface area contributed by atoms with Crippen LogP contribution in [0.3, 0.4) is 0 Å². The van der Waals surface area contributed by atoms with Crippen LogP contribution in [0, 0.1) is 6.92 Å². The van der Waals surface area contributed by atoms with Crippen molar-refractivity contribution in [3.05, 3.63) is 89.0 Å². The number of hydrogen-bond donors (Lipinski definition) is 2. The molecule has 3 rings (SSSR count). The van der Waals surface area contributed by atoms with Crippen LogP contribution in [-0.4, -0.2) is 36.0 Å². The Hall–Kier alpha value is -4.54. The minimum Gasteiger partial charge on any atom is -0.481 e. The normalized spacial score (nSPS) is 11.2. The van der Waals surface area contributed by atoms with Gasteiger partial charge in [-0.15, -0.1) is 13.2 Å². The third kappa shape index (κ3) is 8.75. The van der Waals surface area contributed by atoms with Gasteiger partial charge in [-0.05, 0) is 78.1 Å². The predicted octanol–water partition coefficient (Wildman–Crippen LogP) is 6.43. The van der Waals surface area contributed by atoms with Crippen LogP contribution >= 0.6 is 0 Å². The quantitative estimate of drug-likeness (QED) is 0.297. The maximum atomic E-state index is 13.3. The summed E-state index contributed by atoms with van der Waals surface area (Å²) in [4.78, 5) is 37.6. The molecule has 11 heteroatoms. The van der Waals surface area contributed by atoms with Crippen LogP contribution in [0.15, 0.2) is 66.7 Å². The van der Waals surface area contributed by atoms with Gasteiger partial charge in [-0.2, -0.15) is 0 Å². The highest BCUT2D eigenvalue weighted by Crippen LogP contribution is 2.27. The Bertz CT molecular complexity index is 1340. The Balaban J connectivity index is 1.84. The lowest BCUT2D eigenvalue weighted by Crippen LogP contribution is -2.33. The first kappa shape index (κ1) is 30.0. The molecule has 40 heavy (non-hydrogen) atoms. The zero-order chi connectivity index (χ0) is 29.4. The summed E-state index contributed by atoms with van der Waals surface area (Å²) >= 11 is 0. The molecule has 0 saturated heterocycles. The smallest absolute Gasteiger partial charge is 0.481 e. The molecule has 8 nitrogen and oxygen atoms in total. The second kappa shape index (κ2) is 13.0. The van der Waals surface area contributed by atoms with Crippen LogP contribution in [0.5, 0.6) is 11.5 Å². The highest BCUT2D eigenvalue weighted by molar-refractivity contribution is 5.95. The monoisotopic (exact) mass is 558 g/mol. The molecule has 0 unspecified atom stereocenters. The van der Waals surface area contributed by atoms with Crippen LogP contribution in [0.2, 0.25) is 0 Å². The van der Waals surface area contributed by atoms with Gasteiger partial charge in [0.15, 0.2) is 0 Å². The van der Waals surface area contributed by atoms with Crippen molar-refractivity contribution in [2.75, 3.05) is 11.4 Å². The number of carbonyl (C=O) groups is 3.